The molecule has 0 spiro atoms. The fourth-order valence-electron chi connectivity index (χ4n) is 1.84. The highest BCUT2D eigenvalue weighted by atomic mass is 35.5. The molecule has 0 aliphatic heterocycles. The number of anilines is 1. The first-order chi connectivity index (χ1) is 11.2. The number of benzene rings is 2. The molecular formula is C18H18ClNO3. The summed E-state index contributed by atoms with van der Waals surface area (Å²) in [5.41, 5.74) is 1.49. The van der Waals surface area contributed by atoms with Crippen LogP contribution in [0.3, 0.4) is 0 Å². The molecule has 0 aliphatic carbocycles. The molecule has 0 aromatic heterocycles. The van der Waals surface area contributed by atoms with Gasteiger partial charge in [0, 0.05) is 23.9 Å². The Hall–Kier alpha value is -2.30. The maximum absolute atomic E-state index is 11.9. The van der Waals surface area contributed by atoms with Gasteiger partial charge in [-0.1, -0.05) is 29.8 Å². The molecule has 0 heterocycles. The first-order valence-corrected chi connectivity index (χ1v) is 7.52. The molecule has 1 amide bonds. The number of amides is 1. The number of ether oxygens (including phenoxy) is 2. The van der Waals surface area contributed by atoms with E-state index < -0.39 is 0 Å². The first kappa shape index (κ1) is 17.1. The molecule has 4 nitrogen and oxygen atoms in total. The van der Waals surface area contributed by atoms with Crippen LogP contribution in [0.15, 0.2) is 54.6 Å². The minimum absolute atomic E-state index is 0.224. The molecule has 0 saturated carbocycles. The van der Waals surface area contributed by atoms with Crippen LogP contribution >= 0.6 is 11.6 Å². The van der Waals surface area contributed by atoms with Gasteiger partial charge in [0.25, 0.3) is 0 Å². The second-order valence-corrected chi connectivity index (χ2v) is 5.12. The van der Waals surface area contributed by atoms with Crippen LogP contribution in [0, 0.1) is 0 Å². The Morgan fingerprint density at radius 1 is 1.13 bits per heavy atom. The molecular weight excluding hydrogens is 314 g/mol. The zero-order valence-electron chi connectivity index (χ0n) is 12.8. The number of nitrogens with one attached hydrogen (secondary N) is 1. The van der Waals surface area contributed by atoms with E-state index in [1.54, 1.807) is 43.5 Å². The summed E-state index contributed by atoms with van der Waals surface area (Å²) >= 11 is 6.03. The number of carbonyl (C=O) groups is 1. The van der Waals surface area contributed by atoms with Crippen LogP contribution in [0.4, 0.5) is 5.69 Å². The fourth-order valence-corrected chi connectivity index (χ4v) is 2.04. The maximum atomic E-state index is 11.9. The average Bonchev–Trinajstić information content (AvgIpc) is 2.56. The normalized spacial score (nSPS) is 10.7. The van der Waals surface area contributed by atoms with Gasteiger partial charge in [-0.05, 0) is 42.0 Å². The Kier molecular flexibility index (Phi) is 6.66. The van der Waals surface area contributed by atoms with Crippen molar-refractivity contribution in [1.29, 1.82) is 0 Å². The van der Waals surface area contributed by atoms with E-state index in [-0.39, 0.29) is 5.91 Å². The molecule has 0 fully saturated rings. The lowest BCUT2D eigenvalue weighted by molar-refractivity contribution is -0.111. The van der Waals surface area contributed by atoms with Gasteiger partial charge < -0.3 is 14.8 Å². The van der Waals surface area contributed by atoms with Gasteiger partial charge in [0.05, 0.1) is 6.61 Å². The van der Waals surface area contributed by atoms with Crippen LogP contribution in [-0.2, 0) is 9.53 Å². The van der Waals surface area contributed by atoms with Gasteiger partial charge in [-0.2, -0.15) is 0 Å². The van der Waals surface area contributed by atoms with Crippen molar-refractivity contribution >= 4 is 29.3 Å². The molecule has 23 heavy (non-hydrogen) atoms. The van der Waals surface area contributed by atoms with E-state index in [9.17, 15) is 4.79 Å². The Bertz CT molecular complexity index is 668. The third-order valence-corrected chi connectivity index (χ3v) is 3.34. The number of halogens is 1. The third kappa shape index (κ3) is 5.77. The molecule has 0 aliphatic rings. The molecule has 2 aromatic carbocycles. The lowest BCUT2D eigenvalue weighted by Gasteiger charge is -2.07. The largest absolute Gasteiger partial charge is 0.491 e. The van der Waals surface area contributed by atoms with E-state index in [0.29, 0.717) is 23.9 Å². The summed E-state index contributed by atoms with van der Waals surface area (Å²) in [5.74, 6) is 0.504. The molecule has 2 rings (SSSR count). The molecule has 0 saturated heterocycles. The zero-order valence-corrected chi connectivity index (χ0v) is 13.5. The van der Waals surface area contributed by atoms with Crippen molar-refractivity contribution in [1.82, 2.24) is 0 Å². The maximum Gasteiger partial charge on any atom is 0.248 e. The Morgan fingerprint density at radius 3 is 2.57 bits per heavy atom. The molecule has 0 unspecified atom stereocenters. The molecule has 2 aromatic rings. The predicted octanol–water partition coefficient (Wildman–Crippen LogP) is 4.02. The number of hydrogen-bond acceptors (Lipinski definition) is 3. The van der Waals surface area contributed by atoms with Crippen LogP contribution in [0.25, 0.3) is 6.08 Å². The fraction of sp³-hybridized carbons (Fsp3) is 0.167. The van der Waals surface area contributed by atoms with Crippen LogP contribution in [0.1, 0.15) is 5.56 Å². The van der Waals surface area contributed by atoms with Crippen LogP contribution in [0.2, 0.25) is 5.02 Å². The van der Waals surface area contributed by atoms with Crippen molar-refractivity contribution < 1.29 is 14.3 Å². The van der Waals surface area contributed by atoms with E-state index in [2.05, 4.69) is 5.32 Å². The van der Waals surface area contributed by atoms with Crippen molar-refractivity contribution in [2.24, 2.45) is 0 Å². The van der Waals surface area contributed by atoms with Gasteiger partial charge in [-0.3, -0.25) is 4.79 Å². The van der Waals surface area contributed by atoms with Crippen molar-refractivity contribution in [3.8, 4) is 5.75 Å². The second-order valence-electron chi connectivity index (χ2n) is 4.71. The summed E-state index contributed by atoms with van der Waals surface area (Å²) in [5, 5.41) is 3.38. The number of methoxy groups -OCH3 is 1. The van der Waals surface area contributed by atoms with E-state index in [1.807, 2.05) is 18.2 Å². The molecule has 0 atom stereocenters. The number of rotatable bonds is 7. The van der Waals surface area contributed by atoms with Gasteiger partial charge in [0.2, 0.25) is 5.91 Å². The number of carbonyl (C=O) groups excluding carboxylic acids is 1. The third-order valence-electron chi connectivity index (χ3n) is 3.00. The van der Waals surface area contributed by atoms with Crippen molar-refractivity contribution in [3.63, 3.8) is 0 Å². The quantitative estimate of drug-likeness (QED) is 0.616. The Balaban J connectivity index is 1.89. The van der Waals surface area contributed by atoms with E-state index in [1.165, 1.54) is 6.08 Å². The van der Waals surface area contributed by atoms with E-state index >= 15 is 0 Å². The highest BCUT2D eigenvalue weighted by molar-refractivity contribution is 6.32. The smallest absolute Gasteiger partial charge is 0.248 e. The summed E-state index contributed by atoms with van der Waals surface area (Å²) in [4.78, 5) is 11.9. The van der Waals surface area contributed by atoms with Gasteiger partial charge in [-0.25, -0.2) is 0 Å². The molecule has 0 radical (unpaired) electrons. The summed E-state index contributed by atoms with van der Waals surface area (Å²) < 4.78 is 10.4. The summed E-state index contributed by atoms with van der Waals surface area (Å²) in [6.45, 7) is 1.02. The van der Waals surface area contributed by atoms with E-state index in [4.69, 9.17) is 21.1 Å². The molecule has 120 valence electrons. The van der Waals surface area contributed by atoms with E-state index in [0.717, 1.165) is 11.3 Å². The summed E-state index contributed by atoms with van der Waals surface area (Å²) in [7, 11) is 1.62. The first-order valence-electron chi connectivity index (χ1n) is 7.14. The SMILES string of the molecule is COCCOc1ccc(NC(=O)/C=C/c2ccccc2Cl)cc1. The van der Waals surface area contributed by atoms with Crippen molar-refractivity contribution in [2.45, 2.75) is 0 Å². The molecule has 0 bridgehead atoms. The van der Waals surface area contributed by atoms with Gasteiger partial charge in [0.15, 0.2) is 0 Å². The van der Waals surface area contributed by atoms with Crippen molar-refractivity contribution in [2.75, 3.05) is 25.6 Å². The second kappa shape index (κ2) is 8.98. The predicted molar refractivity (Wildman–Crippen MR) is 92.9 cm³/mol. The Labute approximate surface area is 140 Å². The van der Waals surface area contributed by atoms with Gasteiger partial charge in [-0.15, -0.1) is 0 Å². The summed E-state index contributed by atoms with van der Waals surface area (Å²) in [6.07, 6.45) is 3.13. The summed E-state index contributed by atoms with van der Waals surface area (Å²) in [6, 6.07) is 14.5. The zero-order chi connectivity index (χ0) is 16.5. The standard InChI is InChI=1S/C18H18ClNO3/c1-22-12-13-23-16-9-7-15(8-10-16)20-18(21)11-6-14-4-2-3-5-17(14)19/h2-11H,12-13H2,1H3,(H,20,21)/b11-6+. The molecule has 5 heteroatoms. The lowest BCUT2D eigenvalue weighted by atomic mass is 10.2. The van der Waals surface area contributed by atoms with Gasteiger partial charge in [0.1, 0.15) is 12.4 Å². The van der Waals surface area contributed by atoms with Crippen LogP contribution in [0.5, 0.6) is 5.75 Å². The van der Waals surface area contributed by atoms with Crippen molar-refractivity contribution in [3.05, 3.63) is 65.2 Å². The minimum Gasteiger partial charge on any atom is -0.491 e. The number of hydrogen-bond donors (Lipinski definition) is 1. The highest BCUT2D eigenvalue weighted by Crippen LogP contribution is 2.17. The minimum atomic E-state index is -0.224. The monoisotopic (exact) mass is 331 g/mol. The van der Waals surface area contributed by atoms with Crippen LogP contribution < -0.4 is 10.1 Å². The molecule has 1 N–H and O–H groups in total. The topological polar surface area (TPSA) is 47.6 Å². The van der Waals surface area contributed by atoms with Gasteiger partial charge >= 0.3 is 0 Å². The highest BCUT2D eigenvalue weighted by Gasteiger charge is 2.00. The lowest BCUT2D eigenvalue weighted by Crippen LogP contribution is -2.08. The van der Waals surface area contributed by atoms with Crippen LogP contribution in [-0.4, -0.2) is 26.2 Å². The Morgan fingerprint density at radius 2 is 1.87 bits per heavy atom. The average molecular weight is 332 g/mol.